The fourth-order valence-corrected chi connectivity index (χ4v) is 8.31. The monoisotopic (exact) mass is 674 g/mol. The van der Waals surface area contributed by atoms with E-state index in [1.165, 1.54) is 31.2 Å². The minimum Gasteiger partial charge on any atom is -0.385 e. The Kier molecular flexibility index (Phi) is 9.62. The van der Waals surface area contributed by atoms with E-state index in [4.69, 9.17) is 20.8 Å². The minimum atomic E-state index is -1.15. The number of nitrogens with two attached hydrogens (primary N) is 1. The van der Waals surface area contributed by atoms with Crippen LogP contribution in [-0.4, -0.2) is 50.1 Å². The van der Waals surface area contributed by atoms with Gasteiger partial charge in [-0.3, -0.25) is 24.0 Å². The Labute approximate surface area is 292 Å². The van der Waals surface area contributed by atoms with Crippen LogP contribution >= 0.6 is 0 Å². The minimum absolute atomic E-state index is 0.0686. The second-order valence-corrected chi connectivity index (χ2v) is 14.8. The number of primary amides is 1. The van der Waals surface area contributed by atoms with Gasteiger partial charge in [0.15, 0.2) is 11.6 Å². The van der Waals surface area contributed by atoms with Crippen LogP contribution in [0.5, 0.6) is 0 Å². The first-order chi connectivity index (χ1) is 24.2. The van der Waals surface area contributed by atoms with E-state index in [9.17, 15) is 19.2 Å². The molecule has 1 amide bonds. The molecule has 3 N–H and O–H groups in total. The number of nitrogens with zero attached hydrogens (tertiary/aromatic N) is 4. The van der Waals surface area contributed by atoms with Gasteiger partial charge in [-0.25, -0.2) is 4.98 Å². The van der Waals surface area contributed by atoms with E-state index in [0.29, 0.717) is 35.3 Å². The molecule has 10 nitrogen and oxygen atoms in total. The summed E-state index contributed by atoms with van der Waals surface area (Å²) in [5.41, 5.74) is 13.0. The summed E-state index contributed by atoms with van der Waals surface area (Å²) in [7, 11) is 0. The Morgan fingerprint density at radius 1 is 1.02 bits per heavy atom. The van der Waals surface area contributed by atoms with Crippen molar-refractivity contribution in [2.75, 3.05) is 11.9 Å². The van der Waals surface area contributed by atoms with Crippen molar-refractivity contribution < 1.29 is 19.2 Å². The third-order valence-electron chi connectivity index (χ3n) is 11.4. The number of ketones is 2. The topological polar surface area (TPSA) is 150 Å². The SMILES string of the molecule is Cc1nn(C2CC(CCCNc3ccc4c(c3)C(=O)C(C(CCC=O)C(N)=O)C4=O)C2)cc1-c1cnc2cc(C3CCC(C)CC3)ccc2n1. The van der Waals surface area contributed by atoms with Crippen LogP contribution in [0, 0.1) is 30.6 Å². The van der Waals surface area contributed by atoms with Crippen molar-refractivity contribution in [3.8, 4) is 11.3 Å². The normalized spacial score (nSPS) is 23.8. The van der Waals surface area contributed by atoms with E-state index in [-0.39, 0.29) is 12.8 Å². The van der Waals surface area contributed by atoms with Gasteiger partial charge in [0.1, 0.15) is 6.29 Å². The number of carbonyl (C=O) groups is 4. The van der Waals surface area contributed by atoms with Crippen LogP contribution in [-0.2, 0) is 9.59 Å². The number of anilines is 1. The quantitative estimate of drug-likeness (QED) is 0.0873. The molecular formula is C40H46N6O4. The molecule has 2 fully saturated rings. The van der Waals surface area contributed by atoms with Crippen LogP contribution in [0.4, 0.5) is 5.69 Å². The largest absolute Gasteiger partial charge is 0.385 e. The van der Waals surface area contributed by atoms with Crippen molar-refractivity contribution in [1.82, 2.24) is 19.7 Å². The number of aldehydes is 1. The highest BCUT2D eigenvalue weighted by Gasteiger charge is 2.45. The van der Waals surface area contributed by atoms with E-state index >= 15 is 0 Å². The molecule has 0 saturated heterocycles. The van der Waals surface area contributed by atoms with Gasteiger partial charge in [-0.15, -0.1) is 0 Å². The molecule has 2 saturated carbocycles. The highest BCUT2D eigenvalue weighted by atomic mass is 16.2. The van der Waals surface area contributed by atoms with Crippen LogP contribution in [0.1, 0.15) is 115 Å². The molecule has 10 heteroatoms. The Morgan fingerprint density at radius 2 is 1.80 bits per heavy atom. The van der Waals surface area contributed by atoms with Crippen molar-refractivity contribution in [3.05, 3.63) is 71.2 Å². The highest BCUT2D eigenvalue weighted by Crippen LogP contribution is 2.41. The Hall–Kier alpha value is -4.73. The maximum atomic E-state index is 13.1. The van der Waals surface area contributed by atoms with Gasteiger partial charge >= 0.3 is 0 Å². The fraction of sp³-hybridized carbons (Fsp3) is 0.475. The molecule has 2 unspecified atom stereocenters. The predicted octanol–water partition coefficient (Wildman–Crippen LogP) is 7.01. The van der Waals surface area contributed by atoms with Gasteiger partial charge in [0.05, 0.1) is 46.5 Å². The number of aromatic nitrogens is 4. The molecule has 0 bridgehead atoms. The van der Waals surface area contributed by atoms with Crippen molar-refractivity contribution in [2.24, 2.45) is 29.4 Å². The average molecular weight is 675 g/mol. The molecule has 4 aromatic rings. The van der Waals surface area contributed by atoms with Gasteiger partial charge < -0.3 is 15.8 Å². The number of fused-ring (bicyclic) bond motifs is 2. The van der Waals surface area contributed by atoms with Crippen molar-refractivity contribution in [3.63, 3.8) is 0 Å². The summed E-state index contributed by atoms with van der Waals surface area (Å²) < 4.78 is 2.11. The summed E-state index contributed by atoms with van der Waals surface area (Å²) in [6.07, 6.45) is 14.2. The lowest BCUT2D eigenvalue weighted by Gasteiger charge is -2.35. The van der Waals surface area contributed by atoms with Gasteiger partial charge in [-0.2, -0.15) is 5.10 Å². The smallest absolute Gasteiger partial charge is 0.221 e. The molecule has 50 heavy (non-hydrogen) atoms. The number of Topliss-reactive ketones (excluding diaryl/α,β-unsaturated/α-hetero) is 2. The third kappa shape index (κ3) is 6.72. The standard InChI is InChI=1S/C40H46N6O4/c1-23-7-9-26(10-8-23)27-11-14-34-35(19-27)43-21-36(44-34)33-22-46(45-24(33)2)29-17-25(18-29)5-3-15-42-28-12-13-30-32(20-28)39(49)37(38(30)48)31(40(41)50)6-4-16-47/h11-14,16,19-23,25-26,29,31,37,42H,3-10,15,17-18H2,1-2H3,(H2,41,50). The zero-order valence-electron chi connectivity index (χ0n) is 28.9. The Morgan fingerprint density at radius 3 is 2.56 bits per heavy atom. The van der Waals surface area contributed by atoms with Crippen LogP contribution in [0.2, 0.25) is 0 Å². The summed E-state index contributed by atoms with van der Waals surface area (Å²) in [6.45, 7) is 5.13. The lowest BCUT2D eigenvalue weighted by molar-refractivity contribution is -0.123. The predicted molar refractivity (Wildman–Crippen MR) is 192 cm³/mol. The first kappa shape index (κ1) is 33.8. The molecule has 0 aliphatic heterocycles. The number of rotatable bonds is 13. The molecule has 2 atom stereocenters. The molecule has 3 aliphatic rings. The summed E-state index contributed by atoms with van der Waals surface area (Å²) in [5.74, 6) is -1.57. The molecule has 2 aromatic carbocycles. The van der Waals surface area contributed by atoms with Gasteiger partial charge in [0.2, 0.25) is 5.91 Å². The molecule has 260 valence electrons. The Balaban J connectivity index is 0.897. The molecule has 3 aliphatic carbocycles. The summed E-state index contributed by atoms with van der Waals surface area (Å²) in [6, 6.07) is 12.1. The lowest BCUT2D eigenvalue weighted by Crippen LogP contribution is -2.35. The van der Waals surface area contributed by atoms with E-state index < -0.39 is 29.3 Å². The van der Waals surface area contributed by atoms with Crippen LogP contribution in [0.15, 0.2) is 48.8 Å². The van der Waals surface area contributed by atoms with Crippen LogP contribution < -0.4 is 11.1 Å². The fourth-order valence-electron chi connectivity index (χ4n) is 8.31. The maximum Gasteiger partial charge on any atom is 0.221 e. The highest BCUT2D eigenvalue weighted by molar-refractivity contribution is 6.28. The number of hydrogen-bond donors (Lipinski definition) is 2. The Bertz CT molecular complexity index is 1940. The zero-order chi connectivity index (χ0) is 34.9. The molecular weight excluding hydrogens is 628 g/mol. The van der Waals surface area contributed by atoms with E-state index in [2.05, 4.69) is 41.3 Å². The number of benzene rings is 2. The molecule has 7 rings (SSSR count). The summed E-state index contributed by atoms with van der Waals surface area (Å²) >= 11 is 0. The number of carbonyl (C=O) groups excluding carboxylic acids is 4. The second kappa shape index (κ2) is 14.2. The lowest BCUT2D eigenvalue weighted by atomic mass is 9.77. The average Bonchev–Trinajstić information content (AvgIpc) is 3.59. The molecule has 2 aromatic heterocycles. The summed E-state index contributed by atoms with van der Waals surface area (Å²) in [5, 5.41) is 8.25. The van der Waals surface area contributed by atoms with Gasteiger partial charge in [0, 0.05) is 41.5 Å². The summed E-state index contributed by atoms with van der Waals surface area (Å²) in [4.78, 5) is 58.8. The van der Waals surface area contributed by atoms with Gasteiger partial charge in [0.25, 0.3) is 0 Å². The maximum absolute atomic E-state index is 13.1. The van der Waals surface area contributed by atoms with Crippen molar-refractivity contribution in [2.45, 2.75) is 90.0 Å². The van der Waals surface area contributed by atoms with Gasteiger partial charge in [-0.05, 0) is 106 Å². The first-order valence-electron chi connectivity index (χ1n) is 18.2. The number of amides is 1. The number of nitrogens with one attached hydrogen (secondary N) is 1. The second-order valence-electron chi connectivity index (χ2n) is 14.8. The van der Waals surface area contributed by atoms with E-state index in [0.717, 1.165) is 71.8 Å². The third-order valence-corrected chi connectivity index (χ3v) is 11.4. The van der Waals surface area contributed by atoms with Crippen molar-refractivity contribution in [1.29, 1.82) is 0 Å². The van der Waals surface area contributed by atoms with Crippen LogP contribution in [0.25, 0.3) is 22.3 Å². The molecule has 0 radical (unpaired) electrons. The van der Waals surface area contributed by atoms with Crippen LogP contribution in [0.3, 0.4) is 0 Å². The van der Waals surface area contributed by atoms with E-state index in [1.807, 2.05) is 13.1 Å². The zero-order valence-corrected chi connectivity index (χ0v) is 28.9. The van der Waals surface area contributed by atoms with Gasteiger partial charge in [-0.1, -0.05) is 25.8 Å². The molecule has 2 heterocycles. The van der Waals surface area contributed by atoms with E-state index in [1.54, 1.807) is 18.2 Å². The van der Waals surface area contributed by atoms with Crippen molar-refractivity contribution >= 4 is 40.5 Å². The molecule has 0 spiro atoms. The number of hydrogen-bond acceptors (Lipinski definition) is 8. The first-order valence-corrected chi connectivity index (χ1v) is 18.2. The number of aryl methyl sites for hydroxylation is 1.